The number of rotatable bonds is 1. The first-order chi connectivity index (χ1) is 10.1. The third-order valence-corrected chi connectivity index (χ3v) is 3.26. The molecule has 0 aliphatic carbocycles. The molecule has 0 unspecified atom stereocenters. The highest BCUT2D eigenvalue weighted by Crippen LogP contribution is 2.14. The van der Waals surface area contributed by atoms with Gasteiger partial charge < -0.3 is 15.3 Å². The minimum absolute atomic E-state index is 0.0691. The average molecular weight is 286 g/mol. The van der Waals surface area contributed by atoms with Crippen molar-refractivity contribution in [2.45, 2.75) is 13.3 Å². The molecule has 0 radical (unpaired) electrons. The lowest BCUT2D eigenvalue weighted by Crippen LogP contribution is -2.37. The standard InChI is InChI=1S/C16H18N2O3/c1-12-5-6-13(4-2-9-19)14(10-12)16(21)18-8-3-7-17-15(20)11-18/h5-6,10,19H,3,7-9,11H2,1H3,(H,17,20). The highest BCUT2D eigenvalue weighted by Gasteiger charge is 2.22. The number of hydrogen-bond acceptors (Lipinski definition) is 3. The average Bonchev–Trinajstić information content (AvgIpc) is 2.70. The lowest BCUT2D eigenvalue weighted by atomic mass is 10.0. The molecule has 0 bridgehead atoms. The van der Waals surface area contributed by atoms with Crippen LogP contribution in [-0.2, 0) is 4.79 Å². The third-order valence-electron chi connectivity index (χ3n) is 3.26. The Balaban J connectivity index is 2.32. The van der Waals surface area contributed by atoms with Gasteiger partial charge in [0.1, 0.15) is 6.61 Å². The van der Waals surface area contributed by atoms with E-state index in [1.54, 1.807) is 17.0 Å². The van der Waals surface area contributed by atoms with E-state index in [-0.39, 0.29) is 25.0 Å². The van der Waals surface area contributed by atoms with E-state index in [1.807, 2.05) is 13.0 Å². The largest absolute Gasteiger partial charge is 0.384 e. The zero-order valence-corrected chi connectivity index (χ0v) is 12.0. The van der Waals surface area contributed by atoms with Gasteiger partial charge in [-0.15, -0.1) is 0 Å². The summed E-state index contributed by atoms with van der Waals surface area (Å²) in [5, 5.41) is 11.6. The molecule has 1 aromatic carbocycles. The molecule has 1 aliphatic rings. The molecule has 0 spiro atoms. The van der Waals surface area contributed by atoms with Crippen molar-refractivity contribution in [3.05, 3.63) is 34.9 Å². The minimum Gasteiger partial charge on any atom is -0.384 e. The number of aliphatic hydroxyl groups excluding tert-OH is 1. The van der Waals surface area contributed by atoms with Crippen LogP contribution in [0.15, 0.2) is 18.2 Å². The maximum Gasteiger partial charge on any atom is 0.255 e. The van der Waals surface area contributed by atoms with Gasteiger partial charge in [-0.3, -0.25) is 9.59 Å². The van der Waals surface area contributed by atoms with Gasteiger partial charge >= 0.3 is 0 Å². The van der Waals surface area contributed by atoms with Crippen LogP contribution in [0.2, 0.25) is 0 Å². The highest BCUT2D eigenvalue weighted by molar-refractivity contribution is 5.99. The maximum absolute atomic E-state index is 12.6. The minimum atomic E-state index is -0.256. The fraction of sp³-hybridized carbons (Fsp3) is 0.375. The van der Waals surface area contributed by atoms with E-state index in [2.05, 4.69) is 17.2 Å². The van der Waals surface area contributed by atoms with E-state index in [0.717, 1.165) is 12.0 Å². The quantitative estimate of drug-likeness (QED) is 0.730. The predicted molar refractivity (Wildman–Crippen MR) is 78.7 cm³/mol. The van der Waals surface area contributed by atoms with E-state index in [0.29, 0.717) is 24.2 Å². The highest BCUT2D eigenvalue weighted by atomic mass is 16.2. The zero-order chi connectivity index (χ0) is 15.2. The van der Waals surface area contributed by atoms with Crippen LogP contribution in [0.1, 0.15) is 27.9 Å². The molecule has 1 aromatic rings. The van der Waals surface area contributed by atoms with Crippen LogP contribution in [0.5, 0.6) is 0 Å². The first kappa shape index (κ1) is 15.1. The van der Waals surface area contributed by atoms with Crippen LogP contribution >= 0.6 is 0 Å². The fourth-order valence-electron chi connectivity index (χ4n) is 2.23. The SMILES string of the molecule is Cc1ccc(C#CCO)c(C(=O)N2CCCNC(=O)C2)c1. The Morgan fingerprint density at radius 3 is 3.05 bits per heavy atom. The van der Waals surface area contributed by atoms with Crippen molar-refractivity contribution < 1.29 is 14.7 Å². The molecule has 0 saturated carbocycles. The van der Waals surface area contributed by atoms with Crippen LogP contribution in [0.4, 0.5) is 0 Å². The summed E-state index contributed by atoms with van der Waals surface area (Å²) in [6, 6.07) is 5.41. The van der Waals surface area contributed by atoms with Crippen LogP contribution in [-0.4, -0.2) is 48.1 Å². The van der Waals surface area contributed by atoms with Crippen molar-refractivity contribution in [2.24, 2.45) is 0 Å². The normalized spacial score (nSPS) is 14.8. The zero-order valence-electron chi connectivity index (χ0n) is 12.0. The number of carbonyl (C=O) groups is 2. The topological polar surface area (TPSA) is 69.6 Å². The van der Waals surface area contributed by atoms with Gasteiger partial charge in [0.2, 0.25) is 5.91 Å². The molecule has 2 rings (SSSR count). The van der Waals surface area contributed by atoms with E-state index >= 15 is 0 Å². The Labute approximate surface area is 124 Å². The van der Waals surface area contributed by atoms with E-state index in [4.69, 9.17) is 5.11 Å². The Morgan fingerprint density at radius 1 is 1.48 bits per heavy atom. The molecule has 5 heteroatoms. The summed E-state index contributed by atoms with van der Waals surface area (Å²) < 4.78 is 0. The molecule has 0 aromatic heterocycles. The van der Waals surface area contributed by atoms with E-state index in [1.165, 1.54) is 0 Å². The Hall–Kier alpha value is -2.32. The second-order valence-corrected chi connectivity index (χ2v) is 4.94. The number of nitrogens with one attached hydrogen (secondary N) is 1. The van der Waals surface area contributed by atoms with Gasteiger partial charge in [-0.1, -0.05) is 23.5 Å². The third kappa shape index (κ3) is 3.83. The van der Waals surface area contributed by atoms with Crippen LogP contribution in [0.3, 0.4) is 0 Å². The summed E-state index contributed by atoms with van der Waals surface area (Å²) in [5.41, 5.74) is 2.00. The molecule has 0 atom stereocenters. The van der Waals surface area contributed by atoms with Crippen molar-refractivity contribution in [3.63, 3.8) is 0 Å². The smallest absolute Gasteiger partial charge is 0.255 e. The number of nitrogens with zero attached hydrogens (tertiary/aromatic N) is 1. The molecule has 2 amide bonds. The van der Waals surface area contributed by atoms with Crippen LogP contribution < -0.4 is 5.32 Å². The second kappa shape index (κ2) is 6.91. The van der Waals surface area contributed by atoms with Gasteiger partial charge in [-0.2, -0.15) is 0 Å². The Bertz CT molecular complexity index is 614. The van der Waals surface area contributed by atoms with Gasteiger partial charge in [0, 0.05) is 18.7 Å². The summed E-state index contributed by atoms with van der Waals surface area (Å²) >= 11 is 0. The first-order valence-electron chi connectivity index (χ1n) is 6.88. The van der Waals surface area contributed by atoms with Crippen molar-refractivity contribution in [1.29, 1.82) is 0 Å². The molecule has 21 heavy (non-hydrogen) atoms. The Morgan fingerprint density at radius 2 is 2.29 bits per heavy atom. The van der Waals surface area contributed by atoms with Gasteiger partial charge in [-0.25, -0.2) is 0 Å². The van der Waals surface area contributed by atoms with Gasteiger partial charge in [0.15, 0.2) is 0 Å². The summed E-state index contributed by atoms with van der Waals surface area (Å²) in [6.45, 7) is 2.84. The molecule has 1 fully saturated rings. The molecule has 1 heterocycles. The second-order valence-electron chi connectivity index (χ2n) is 4.94. The lowest BCUT2D eigenvalue weighted by Gasteiger charge is -2.20. The molecular formula is C16H18N2O3. The van der Waals surface area contributed by atoms with Crippen molar-refractivity contribution in [3.8, 4) is 11.8 Å². The fourth-order valence-corrected chi connectivity index (χ4v) is 2.23. The first-order valence-corrected chi connectivity index (χ1v) is 6.88. The van der Waals surface area contributed by atoms with Crippen molar-refractivity contribution in [2.75, 3.05) is 26.2 Å². The molecule has 1 aliphatic heterocycles. The van der Waals surface area contributed by atoms with E-state index < -0.39 is 0 Å². The number of carbonyl (C=O) groups excluding carboxylic acids is 2. The summed E-state index contributed by atoms with van der Waals surface area (Å²) in [7, 11) is 0. The number of amides is 2. The van der Waals surface area contributed by atoms with Gasteiger partial charge in [0.05, 0.1) is 12.1 Å². The maximum atomic E-state index is 12.6. The monoisotopic (exact) mass is 286 g/mol. The number of hydrogen-bond donors (Lipinski definition) is 2. The number of benzene rings is 1. The number of aryl methyl sites for hydroxylation is 1. The predicted octanol–water partition coefficient (Wildman–Crippen LogP) is 0.301. The number of aliphatic hydroxyl groups is 1. The van der Waals surface area contributed by atoms with Crippen molar-refractivity contribution in [1.82, 2.24) is 10.2 Å². The Kier molecular flexibility index (Phi) is 4.96. The lowest BCUT2D eigenvalue weighted by molar-refractivity contribution is -0.121. The van der Waals surface area contributed by atoms with E-state index in [9.17, 15) is 9.59 Å². The van der Waals surface area contributed by atoms with Crippen molar-refractivity contribution >= 4 is 11.8 Å². The van der Waals surface area contributed by atoms with Crippen LogP contribution in [0, 0.1) is 18.8 Å². The van der Waals surface area contributed by atoms with Crippen LogP contribution in [0.25, 0.3) is 0 Å². The summed E-state index contributed by atoms with van der Waals surface area (Å²) in [6.07, 6.45) is 0.737. The molecular weight excluding hydrogens is 268 g/mol. The molecule has 2 N–H and O–H groups in total. The van der Waals surface area contributed by atoms with Gasteiger partial charge in [-0.05, 0) is 25.5 Å². The summed E-state index contributed by atoms with van der Waals surface area (Å²) in [4.78, 5) is 25.8. The molecule has 5 nitrogen and oxygen atoms in total. The molecule has 110 valence electrons. The summed E-state index contributed by atoms with van der Waals surface area (Å²) in [5.74, 6) is 5.01. The molecule has 1 saturated heterocycles. The van der Waals surface area contributed by atoms with Gasteiger partial charge in [0.25, 0.3) is 5.91 Å².